The van der Waals surface area contributed by atoms with Gasteiger partial charge in [-0.1, -0.05) is 0 Å². The van der Waals surface area contributed by atoms with Crippen molar-refractivity contribution < 1.29 is 4.74 Å². The van der Waals surface area contributed by atoms with Gasteiger partial charge in [0.1, 0.15) is 5.82 Å². The van der Waals surface area contributed by atoms with Crippen LogP contribution in [0.25, 0.3) is 0 Å². The van der Waals surface area contributed by atoms with E-state index in [1.54, 1.807) is 7.11 Å². The maximum Gasteiger partial charge on any atom is 0.130 e. The first-order valence-electron chi connectivity index (χ1n) is 5.40. The first-order valence-corrected chi connectivity index (χ1v) is 5.93. The molecule has 0 radical (unpaired) electrons. The molecule has 1 aromatic heterocycles. The van der Waals surface area contributed by atoms with Crippen molar-refractivity contribution in [2.45, 2.75) is 19.2 Å². The van der Waals surface area contributed by atoms with E-state index in [4.69, 9.17) is 16.3 Å². The predicted octanol–water partition coefficient (Wildman–Crippen LogP) is 1.94. The average molecular weight is 246 g/mol. The lowest BCUT2D eigenvalue weighted by Crippen LogP contribution is -2.23. The molecular weight excluding hydrogens is 226 g/mol. The molecule has 5 heteroatoms. The Labute approximate surface area is 102 Å². The zero-order valence-corrected chi connectivity index (χ0v) is 11.2. The van der Waals surface area contributed by atoms with Crippen LogP contribution >= 0.6 is 11.6 Å². The summed E-state index contributed by atoms with van der Waals surface area (Å²) in [5, 5.41) is 4.39. The van der Waals surface area contributed by atoms with Gasteiger partial charge in [-0.15, -0.1) is 11.6 Å². The second-order valence-electron chi connectivity index (χ2n) is 3.91. The van der Waals surface area contributed by atoms with E-state index in [1.165, 1.54) is 0 Å². The number of aryl methyl sites for hydroxylation is 2. The van der Waals surface area contributed by atoms with Crippen LogP contribution in [0.5, 0.6) is 0 Å². The summed E-state index contributed by atoms with van der Waals surface area (Å²) in [7, 11) is 5.73. The molecule has 16 heavy (non-hydrogen) atoms. The van der Waals surface area contributed by atoms with Gasteiger partial charge in [0.2, 0.25) is 0 Å². The monoisotopic (exact) mass is 245 g/mol. The van der Waals surface area contributed by atoms with E-state index < -0.39 is 0 Å². The van der Waals surface area contributed by atoms with Crippen molar-refractivity contribution in [1.29, 1.82) is 0 Å². The molecule has 4 nitrogen and oxygen atoms in total. The molecule has 0 N–H and O–H groups in total. The maximum atomic E-state index is 5.95. The molecule has 1 heterocycles. The standard InChI is InChI=1S/C11H20ClN3O/c1-9-10(8-12)11(15(3)13-9)14(2)6-5-7-16-4/h5-8H2,1-4H3. The van der Waals surface area contributed by atoms with Gasteiger partial charge in [-0.3, -0.25) is 4.68 Å². The third-order valence-electron chi connectivity index (χ3n) is 2.65. The minimum Gasteiger partial charge on any atom is -0.385 e. The summed E-state index contributed by atoms with van der Waals surface area (Å²) < 4.78 is 6.93. The van der Waals surface area contributed by atoms with Crippen LogP contribution < -0.4 is 4.90 Å². The predicted molar refractivity (Wildman–Crippen MR) is 67.3 cm³/mol. The first kappa shape index (κ1) is 13.3. The normalized spacial score (nSPS) is 10.8. The highest BCUT2D eigenvalue weighted by Gasteiger charge is 2.15. The quantitative estimate of drug-likeness (QED) is 0.567. The molecule has 0 amide bonds. The van der Waals surface area contributed by atoms with Crippen LogP contribution in [0.1, 0.15) is 17.7 Å². The smallest absolute Gasteiger partial charge is 0.130 e. The zero-order chi connectivity index (χ0) is 12.1. The Bertz CT molecular complexity index is 338. The number of aromatic nitrogens is 2. The molecule has 0 unspecified atom stereocenters. The lowest BCUT2D eigenvalue weighted by molar-refractivity contribution is 0.196. The second-order valence-corrected chi connectivity index (χ2v) is 4.18. The summed E-state index contributed by atoms with van der Waals surface area (Å²) in [4.78, 5) is 2.18. The minimum absolute atomic E-state index is 0.504. The van der Waals surface area contributed by atoms with Crippen LogP contribution in [0, 0.1) is 6.92 Å². The third-order valence-corrected chi connectivity index (χ3v) is 2.92. The Balaban J connectivity index is 2.77. The van der Waals surface area contributed by atoms with Crippen LogP contribution in [0.3, 0.4) is 0 Å². The number of rotatable bonds is 6. The molecule has 0 fully saturated rings. The van der Waals surface area contributed by atoms with E-state index in [2.05, 4.69) is 17.0 Å². The van der Waals surface area contributed by atoms with E-state index >= 15 is 0 Å². The molecule has 0 aromatic carbocycles. The van der Waals surface area contributed by atoms with Gasteiger partial charge in [0, 0.05) is 39.9 Å². The van der Waals surface area contributed by atoms with Crippen LogP contribution in [-0.2, 0) is 17.7 Å². The number of alkyl halides is 1. The van der Waals surface area contributed by atoms with Crippen LogP contribution in [0.4, 0.5) is 5.82 Å². The van der Waals surface area contributed by atoms with E-state index in [9.17, 15) is 0 Å². The fraction of sp³-hybridized carbons (Fsp3) is 0.727. The lowest BCUT2D eigenvalue weighted by atomic mass is 10.2. The molecule has 1 aromatic rings. The van der Waals surface area contributed by atoms with E-state index in [-0.39, 0.29) is 0 Å². The van der Waals surface area contributed by atoms with Crippen molar-refractivity contribution in [3.8, 4) is 0 Å². The highest BCUT2D eigenvalue weighted by molar-refractivity contribution is 6.17. The molecule has 0 aliphatic heterocycles. The van der Waals surface area contributed by atoms with Gasteiger partial charge in [0.15, 0.2) is 0 Å². The van der Waals surface area contributed by atoms with Gasteiger partial charge >= 0.3 is 0 Å². The average Bonchev–Trinajstić information content (AvgIpc) is 2.53. The fourth-order valence-corrected chi connectivity index (χ4v) is 2.19. The summed E-state index contributed by atoms with van der Waals surface area (Å²) in [6, 6.07) is 0. The summed E-state index contributed by atoms with van der Waals surface area (Å²) in [5.74, 6) is 1.60. The van der Waals surface area contributed by atoms with Gasteiger partial charge in [0.25, 0.3) is 0 Å². The Morgan fingerprint density at radius 3 is 2.75 bits per heavy atom. The Hall–Kier alpha value is -0.740. The number of methoxy groups -OCH3 is 1. The third kappa shape index (κ3) is 2.89. The second kappa shape index (κ2) is 6.11. The number of hydrogen-bond acceptors (Lipinski definition) is 3. The molecule has 0 aliphatic carbocycles. The minimum atomic E-state index is 0.504. The first-order chi connectivity index (χ1) is 7.61. The molecule has 0 saturated heterocycles. The summed E-state index contributed by atoms with van der Waals surface area (Å²) in [6.07, 6.45) is 0.999. The largest absolute Gasteiger partial charge is 0.385 e. The fourth-order valence-electron chi connectivity index (χ4n) is 1.88. The number of ether oxygens (including phenoxy) is 1. The number of halogens is 1. The van der Waals surface area contributed by atoms with Crippen molar-refractivity contribution in [3.63, 3.8) is 0 Å². The SMILES string of the molecule is COCCCN(C)c1c(CCl)c(C)nn1C. The Morgan fingerprint density at radius 1 is 1.50 bits per heavy atom. The van der Waals surface area contributed by atoms with E-state index in [1.807, 2.05) is 18.7 Å². The molecule has 0 bridgehead atoms. The maximum absolute atomic E-state index is 5.95. The Morgan fingerprint density at radius 2 is 2.19 bits per heavy atom. The summed E-state index contributed by atoms with van der Waals surface area (Å²) in [6.45, 7) is 3.71. The van der Waals surface area contributed by atoms with E-state index in [0.717, 1.165) is 36.6 Å². The highest BCUT2D eigenvalue weighted by atomic mass is 35.5. The van der Waals surface area contributed by atoms with E-state index in [0.29, 0.717) is 5.88 Å². The molecule has 92 valence electrons. The molecule has 0 aliphatic rings. The summed E-state index contributed by atoms with van der Waals surface area (Å²) >= 11 is 5.95. The van der Waals surface area contributed by atoms with Gasteiger partial charge in [0.05, 0.1) is 11.6 Å². The van der Waals surface area contributed by atoms with Crippen LogP contribution in [-0.4, -0.2) is 37.1 Å². The van der Waals surface area contributed by atoms with Crippen molar-refractivity contribution in [2.24, 2.45) is 7.05 Å². The lowest BCUT2D eigenvalue weighted by Gasteiger charge is -2.20. The van der Waals surface area contributed by atoms with Gasteiger partial charge in [-0.25, -0.2) is 0 Å². The van der Waals surface area contributed by atoms with Crippen molar-refractivity contribution in [3.05, 3.63) is 11.3 Å². The topological polar surface area (TPSA) is 30.3 Å². The van der Waals surface area contributed by atoms with Crippen LogP contribution in [0.2, 0.25) is 0 Å². The summed E-state index contributed by atoms with van der Waals surface area (Å²) in [5.41, 5.74) is 2.12. The number of nitrogens with zero attached hydrogens (tertiary/aromatic N) is 3. The molecule has 0 atom stereocenters. The highest BCUT2D eigenvalue weighted by Crippen LogP contribution is 2.23. The Kier molecular flexibility index (Phi) is 5.09. The molecule has 0 saturated carbocycles. The zero-order valence-electron chi connectivity index (χ0n) is 10.5. The molecular formula is C11H20ClN3O. The molecule has 1 rings (SSSR count). The van der Waals surface area contributed by atoms with Gasteiger partial charge < -0.3 is 9.64 Å². The van der Waals surface area contributed by atoms with Crippen molar-refractivity contribution in [2.75, 3.05) is 32.2 Å². The van der Waals surface area contributed by atoms with Crippen molar-refractivity contribution in [1.82, 2.24) is 9.78 Å². The number of hydrogen-bond donors (Lipinski definition) is 0. The van der Waals surface area contributed by atoms with Crippen molar-refractivity contribution >= 4 is 17.4 Å². The number of anilines is 1. The van der Waals surface area contributed by atoms with Crippen LogP contribution in [0.15, 0.2) is 0 Å². The van der Waals surface area contributed by atoms with Gasteiger partial charge in [-0.05, 0) is 13.3 Å². The molecule has 0 spiro atoms. The van der Waals surface area contributed by atoms with Gasteiger partial charge in [-0.2, -0.15) is 5.10 Å².